The lowest BCUT2D eigenvalue weighted by Gasteiger charge is -2.30. The van der Waals surface area contributed by atoms with Gasteiger partial charge in [0.1, 0.15) is 11.8 Å². The largest absolute Gasteiger partial charge is 0.483 e. The lowest BCUT2D eigenvalue weighted by Crippen LogP contribution is -2.50. The first kappa shape index (κ1) is 24.4. The quantitative estimate of drug-likeness (QED) is 0.549. The van der Waals surface area contributed by atoms with Crippen molar-refractivity contribution in [2.24, 2.45) is 0 Å². The second-order valence-electron chi connectivity index (χ2n) is 8.41. The van der Waals surface area contributed by atoms with Crippen LogP contribution >= 0.6 is 23.2 Å². The summed E-state index contributed by atoms with van der Waals surface area (Å²) in [5.41, 5.74) is 2.79. The lowest BCUT2D eigenvalue weighted by atomic mass is 10.1. The van der Waals surface area contributed by atoms with Gasteiger partial charge in [0, 0.05) is 22.6 Å². The molecule has 7 heteroatoms. The van der Waals surface area contributed by atoms with Crippen molar-refractivity contribution in [3.63, 3.8) is 0 Å². The maximum absolute atomic E-state index is 13.2. The van der Waals surface area contributed by atoms with E-state index >= 15 is 0 Å². The number of hydrogen-bond acceptors (Lipinski definition) is 3. The van der Waals surface area contributed by atoms with Crippen LogP contribution in [-0.2, 0) is 16.1 Å². The second-order valence-corrected chi connectivity index (χ2v) is 9.25. The molecular formula is C25H30Cl2N2O3. The summed E-state index contributed by atoms with van der Waals surface area (Å²) in [6.45, 7) is 5.71. The van der Waals surface area contributed by atoms with Crippen LogP contribution in [0.25, 0.3) is 0 Å². The van der Waals surface area contributed by atoms with E-state index in [4.69, 9.17) is 27.9 Å². The van der Waals surface area contributed by atoms with Crippen LogP contribution < -0.4 is 10.1 Å². The van der Waals surface area contributed by atoms with Gasteiger partial charge in [-0.05, 0) is 68.5 Å². The normalized spacial score (nSPS) is 14.8. The lowest BCUT2D eigenvalue weighted by molar-refractivity contribution is -0.142. The minimum atomic E-state index is -0.669. The molecule has 1 unspecified atom stereocenters. The highest BCUT2D eigenvalue weighted by Crippen LogP contribution is 2.25. The second kappa shape index (κ2) is 11.1. The number of carbonyl (C=O) groups is 2. The van der Waals surface area contributed by atoms with Crippen molar-refractivity contribution >= 4 is 35.0 Å². The Morgan fingerprint density at radius 1 is 1.16 bits per heavy atom. The van der Waals surface area contributed by atoms with E-state index in [0.29, 0.717) is 15.8 Å². The zero-order valence-electron chi connectivity index (χ0n) is 18.8. The number of rotatable bonds is 8. The molecule has 1 N–H and O–H groups in total. The van der Waals surface area contributed by atoms with Crippen LogP contribution in [-0.4, -0.2) is 35.4 Å². The number of ether oxygens (including phenoxy) is 1. The fourth-order valence-corrected chi connectivity index (χ4v) is 4.38. The van der Waals surface area contributed by atoms with Crippen molar-refractivity contribution in [1.82, 2.24) is 10.2 Å². The molecule has 1 fully saturated rings. The fourth-order valence-electron chi connectivity index (χ4n) is 3.91. The molecule has 2 aromatic carbocycles. The molecule has 5 nitrogen and oxygen atoms in total. The molecule has 2 aromatic rings. The van der Waals surface area contributed by atoms with Crippen LogP contribution in [0, 0.1) is 13.8 Å². The average Bonchev–Trinajstić information content (AvgIpc) is 3.26. The molecule has 1 aliphatic rings. The summed E-state index contributed by atoms with van der Waals surface area (Å²) >= 11 is 12.4. The highest BCUT2D eigenvalue weighted by atomic mass is 35.5. The van der Waals surface area contributed by atoms with Gasteiger partial charge < -0.3 is 15.0 Å². The van der Waals surface area contributed by atoms with Crippen molar-refractivity contribution < 1.29 is 14.3 Å². The topological polar surface area (TPSA) is 58.6 Å². The van der Waals surface area contributed by atoms with Crippen molar-refractivity contribution in [3.05, 3.63) is 63.1 Å². The Bertz CT molecular complexity index is 974. The molecule has 0 spiro atoms. The molecule has 172 valence electrons. The molecule has 1 atom stereocenters. The first-order valence-electron chi connectivity index (χ1n) is 11.0. The maximum Gasteiger partial charge on any atom is 0.261 e. The molecule has 1 aliphatic carbocycles. The van der Waals surface area contributed by atoms with Gasteiger partial charge in [0.15, 0.2) is 6.61 Å². The Kier molecular flexibility index (Phi) is 8.44. The Morgan fingerprint density at radius 3 is 2.56 bits per heavy atom. The third kappa shape index (κ3) is 6.17. The first-order chi connectivity index (χ1) is 15.3. The minimum absolute atomic E-state index is 0.165. The highest BCUT2D eigenvalue weighted by molar-refractivity contribution is 6.35. The van der Waals surface area contributed by atoms with Gasteiger partial charge in [0.25, 0.3) is 5.91 Å². The molecule has 3 rings (SSSR count). The van der Waals surface area contributed by atoms with E-state index in [1.165, 1.54) is 4.90 Å². The van der Waals surface area contributed by atoms with Crippen LogP contribution in [0.1, 0.15) is 49.3 Å². The zero-order chi connectivity index (χ0) is 23.3. The Hall–Kier alpha value is -2.24. The third-order valence-corrected chi connectivity index (χ3v) is 6.72. The van der Waals surface area contributed by atoms with E-state index < -0.39 is 6.04 Å². The molecule has 0 aromatic heterocycles. The molecule has 0 aliphatic heterocycles. The van der Waals surface area contributed by atoms with E-state index in [2.05, 4.69) is 5.32 Å². The van der Waals surface area contributed by atoms with Gasteiger partial charge in [0.2, 0.25) is 5.91 Å². The van der Waals surface area contributed by atoms with E-state index in [1.54, 1.807) is 25.1 Å². The maximum atomic E-state index is 13.2. The number of halogens is 2. The number of nitrogens with one attached hydrogen (secondary N) is 1. The monoisotopic (exact) mass is 476 g/mol. The Labute approximate surface area is 200 Å². The minimum Gasteiger partial charge on any atom is -0.483 e. The molecule has 0 bridgehead atoms. The van der Waals surface area contributed by atoms with Crippen LogP contribution in [0.5, 0.6) is 5.75 Å². The van der Waals surface area contributed by atoms with Crippen molar-refractivity contribution in [2.45, 2.75) is 65.1 Å². The summed E-state index contributed by atoms with van der Waals surface area (Å²) in [5, 5.41) is 4.05. The molecular weight excluding hydrogens is 447 g/mol. The van der Waals surface area contributed by atoms with Gasteiger partial charge in [-0.15, -0.1) is 0 Å². The number of hydrogen-bond donors (Lipinski definition) is 1. The number of nitrogens with zero attached hydrogens (tertiary/aromatic N) is 1. The zero-order valence-corrected chi connectivity index (χ0v) is 20.3. The molecule has 32 heavy (non-hydrogen) atoms. The van der Waals surface area contributed by atoms with Crippen LogP contribution in [0.2, 0.25) is 10.0 Å². The molecule has 1 saturated carbocycles. The van der Waals surface area contributed by atoms with Gasteiger partial charge in [-0.1, -0.05) is 54.2 Å². The fraction of sp³-hybridized carbons (Fsp3) is 0.440. The number of benzene rings is 2. The summed E-state index contributed by atoms with van der Waals surface area (Å²) in [5.74, 6) is 0.207. The van der Waals surface area contributed by atoms with Crippen LogP contribution in [0.15, 0.2) is 36.4 Å². The van der Waals surface area contributed by atoms with Crippen molar-refractivity contribution in [2.75, 3.05) is 6.61 Å². The number of aryl methyl sites for hydroxylation is 1. The van der Waals surface area contributed by atoms with E-state index in [0.717, 1.165) is 42.4 Å². The molecule has 2 amide bonds. The summed E-state index contributed by atoms with van der Waals surface area (Å²) in [6.07, 6.45) is 4.19. The first-order valence-corrected chi connectivity index (χ1v) is 11.7. The number of carbonyl (C=O) groups excluding carboxylic acids is 2. The summed E-state index contributed by atoms with van der Waals surface area (Å²) < 4.78 is 5.83. The number of amides is 2. The van der Waals surface area contributed by atoms with Crippen LogP contribution in [0.4, 0.5) is 0 Å². The van der Waals surface area contributed by atoms with Gasteiger partial charge in [0.05, 0.1) is 0 Å². The van der Waals surface area contributed by atoms with Gasteiger partial charge >= 0.3 is 0 Å². The van der Waals surface area contributed by atoms with Gasteiger partial charge in [-0.25, -0.2) is 0 Å². The highest BCUT2D eigenvalue weighted by Gasteiger charge is 2.29. The third-order valence-electron chi connectivity index (χ3n) is 6.13. The molecule has 0 heterocycles. The van der Waals surface area contributed by atoms with Crippen molar-refractivity contribution in [1.29, 1.82) is 0 Å². The smallest absolute Gasteiger partial charge is 0.261 e. The molecule has 0 saturated heterocycles. The van der Waals surface area contributed by atoms with Gasteiger partial charge in [-0.2, -0.15) is 0 Å². The SMILES string of the molecule is Cc1cccc(OCC(=O)N(Cc2ccc(Cl)cc2Cl)C(C)C(=O)NC2CCCC2)c1C. The predicted octanol–water partition coefficient (Wildman–Crippen LogP) is 5.47. The van der Waals surface area contributed by atoms with E-state index in [9.17, 15) is 9.59 Å². The standard InChI is InChI=1S/C25H30Cl2N2O3/c1-16-7-6-10-23(17(16)2)32-15-24(30)29(14-19-11-12-20(26)13-22(19)27)18(3)25(31)28-21-8-4-5-9-21/h6-7,10-13,18,21H,4-5,8-9,14-15H2,1-3H3,(H,28,31). The van der Waals surface area contributed by atoms with E-state index in [1.807, 2.05) is 32.0 Å². The summed E-state index contributed by atoms with van der Waals surface area (Å²) in [7, 11) is 0. The van der Waals surface area contributed by atoms with Crippen molar-refractivity contribution in [3.8, 4) is 5.75 Å². The average molecular weight is 477 g/mol. The van der Waals surface area contributed by atoms with E-state index in [-0.39, 0.29) is 31.0 Å². The summed E-state index contributed by atoms with van der Waals surface area (Å²) in [4.78, 5) is 27.7. The summed E-state index contributed by atoms with van der Waals surface area (Å²) in [6, 6.07) is 10.4. The predicted molar refractivity (Wildman–Crippen MR) is 128 cm³/mol. The Morgan fingerprint density at radius 2 is 1.88 bits per heavy atom. The Balaban J connectivity index is 1.77. The van der Waals surface area contributed by atoms with Crippen LogP contribution in [0.3, 0.4) is 0 Å². The van der Waals surface area contributed by atoms with Gasteiger partial charge in [-0.3, -0.25) is 9.59 Å². The molecule has 0 radical (unpaired) electrons.